The van der Waals surface area contributed by atoms with Gasteiger partial charge in [0.15, 0.2) is 5.65 Å². The summed E-state index contributed by atoms with van der Waals surface area (Å²) in [5, 5.41) is 9.56. The molecular formula is C12H20N6O. The molecule has 0 unspecified atom stereocenters. The van der Waals surface area contributed by atoms with Crippen molar-refractivity contribution in [3.8, 4) is 0 Å². The van der Waals surface area contributed by atoms with E-state index in [1.54, 1.807) is 6.07 Å². The Morgan fingerprint density at radius 3 is 3.05 bits per heavy atom. The van der Waals surface area contributed by atoms with Crippen molar-refractivity contribution in [2.75, 3.05) is 18.4 Å². The van der Waals surface area contributed by atoms with Gasteiger partial charge in [0.1, 0.15) is 12.1 Å². The van der Waals surface area contributed by atoms with Gasteiger partial charge >= 0.3 is 5.69 Å². The second-order valence-corrected chi connectivity index (χ2v) is 5.44. The van der Waals surface area contributed by atoms with Crippen molar-refractivity contribution >= 4 is 11.5 Å². The van der Waals surface area contributed by atoms with E-state index < -0.39 is 0 Å². The Bertz CT molecular complexity index is 600. The highest BCUT2D eigenvalue weighted by Gasteiger charge is 2.17. The molecule has 19 heavy (non-hydrogen) atoms. The minimum atomic E-state index is -0.280. The molecule has 2 heterocycles. The maximum absolute atomic E-state index is 11.3. The van der Waals surface area contributed by atoms with Crippen LogP contribution in [-0.2, 0) is 0 Å². The van der Waals surface area contributed by atoms with Crippen molar-refractivity contribution < 1.29 is 0 Å². The molecular weight excluding hydrogens is 244 g/mol. The molecule has 0 radical (unpaired) electrons. The van der Waals surface area contributed by atoms with Gasteiger partial charge in [-0.25, -0.2) is 19.3 Å². The van der Waals surface area contributed by atoms with E-state index >= 15 is 0 Å². The number of H-pyrrole nitrogens is 1. The number of nitrogens with two attached hydrogens (primary N) is 1. The predicted molar refractivity (Wildman–Crippen MR) is 74.2 cm³/mol. The largest absolute Gasteiger partial charge is 0.369 e. The van der Waals surface area contributed by atoms with Gasteiger partial charge in [-0.2, -0.15) is 5.10 Å². The van der Waals surface area contributed by atoms with E-state index in [0.29, 0.717) is 18.0 Å². The molecule has 0 aromatic carbocycles. The first-order chi connectivity index (χ1) is 9.02. The van der Waals surface area contributed by atoms with Gasteiger partial charge in [-0.1, -0.05) is 13.8 Å². The smallest absolute Gasteiger partial charge is 0.348 e. The molecule has 104 valence electrons. The Kier molecular flexibility index (Phi) is 3.84. The third-order valence-corrected chi connectivity index (χ3v) is 3.12. The van der Waals surface area contributed by atoms with Gasteiger partial charge in [-0.15, -0.1) is 0 Å². The van der Waals surface area contributed by atoms with E-state index in [1.165, 1.54) is 10.7 Å². The average Bonchev–Trinajstić information content (AvgIpc) is 2.76. The zero-order valence-electron chi connectivity index (χ0n) is 11.3. The molecule has 0 aliphatic rings. The zero-order chi connectivity index (χ0) is 13.9. The van der Waals surface area contributed by atoms with E-state index in [9.17, 15) is 4.79 Å². The lowest BCUT2D eigenvalue weighted by Crippen LogP contribution is -2.24. The second kappa shape index (κ2) is 5.40. The Morgan fingerprint density at radius 2 is 2.32 bits per heavy atom. The third-order valence-electron chi connectivity index (χ3n) is 3.12. The molecule has 0 saturated heterocycles. The molecule has 7 nitrogen and oxygen atoms in total. The van der Waals surface area contributed by atoms with Crippen LogP contribution in [0, 0.1) is 5.41 Å². The van der Waals surface area contributed by atoms with E-state index in [-0.39, 0.29) is 11.1 Å². The summed E-state index contributed by atoms with van der Waals surface area (Å²) in [6, 6.07) is 1.75. The fourth-order valence-corrected chi connectivity index (χ4v) is 1.91. The Morgan fingerprint density at radius 1 is 1.53 bits per heavy atom. The minimum Gasteiger partial charge on any atom is -0.369 e. The third kappa shape index (κ3) is 3.31. The Labute approximate surface area is 111 Å². The van der Waals surface area contributed by atoms with Crippen molar-refractivity contribution in [1.82, 2.24) is 19.6 Å². The van der Waals surface area contributed by atoms with Crippen LogP contribution in [0.5, 0.6) is 0 Å². The first kappa shape index (κ1) is 13.5. The summed E-state index contributed by atoms with van der Waals surface area (Å²) in [6.07, 6.45) is 3.53. The van der Waals surface area contributed by atoms with Crippen molar-refractivity contribution in [2.45, 2.75) is 26.7 Å². The van der Waals surface area contributed by atoms with Crippen LogP contribution >= 0.6 is 0 Å². The zero-order valence-corrected chi connectivity index (χ0v) is 11.3. The number of nitrogens with zero attached hydrogens (tertiary/aromatic N) is 3. The molecule has 0 fully saturated rings. The lowest BCUT2D eigenvalue weighted by Gasteiger charge is -2.24. The topological polar surface area (TPSA) is 101 Å². The number of fused-ring (bicyclic) bond motifs is 1. The van der Waals surface area contributed by atoms with Gasteiger partial charge in [0, 0.05) is 12.6 Å². The van der Waals surface area contributed by atoms with Gasteiger partial charge in [-0.05, 0) is 24.8 Å². The molecule has 0 atom stereocenters. The predicted octanol–water partition coefficient (Wildman–Crippen LogP) is 0.595. The molecule has 0 saturated carbocycles. The SMILES string of the molecule is CC(C)(CCCN)CNc1cc2n[nH]c(=O)n2cn1. The van der Waals surface area contributed by atoms with Crippen LogP contribution in [0.3, 0.4) is 0 Å². The quantitative estimate of drug-likeness (QED) is 0.709. The summed E-state index contributed by atoms with van der Waals surface area (Å²) in [4.78, 5) is 15.5. The van der Waals surface area contributed by atoms with E-state index in [0.717, 1.165) is 19.4 Å². The molecule has 0 bridgehead atoms. The summed E-state index contributed by atoms with van der Waals surface area (Å²) in [5.41, 5.74) is 5.96. The van der Waals surface area contributed by atoms with E-state index in [2.05, 4.69) is 34.3 Å². The van der Waals surface area contributed by atoms with Crippen LogP contribution in [-0.4, -0.2) is 32.7 Å². The molecule has 7 heteroatoms. The van der Waals surface area contributed by atoms with E-state index in [4.69, 9.17) is 5.73 Å². The summed E-state index contributed by atoms with van der Waals surface area (Å²) < 4.78 is 1.37. The number of hydrogen-bond donors (Lipinski definition) is 3. The summed E-state index contributed by atoms with van der Waals surface area (Å²) in [5.74, 6) is 0.715. The van der Waals surface area contributed by atoms with Crippen molar-refractivity contribution in [3.05, 3.63) is 22.9 Å². The van der Waals surface area contributed by atoms with Crippen LogP contribution < -0.4 is 16.7 Å². The highest BCUT2D eigenvalue weighted by molar-refractivity contribution is 5.48. The fourth-order valence-electron chi connectivity index (χ4n) is 1.91. The molecule has 0 amide bonds. The number of rotatable bonds is 6. The minimum absolute atomic E-state index is 0.151. The Hall–Kier alpha value is -1.89. The highest BCUT2D eigenvalue weighted by Crippen LogP contribution is 2.22. The van der Waals surface area contributed by atoms with Crippen LogP contribution in [0.15, 0.2) is 17.2 Å². The number of aromatic nitrogens is 4. The first-order valence-corrected chi connectivity index (χ1v) is 6.38. The first-order valence-electron chi connectivity index (χ1n) is 6.38. The van der Waals surface area contributed by atoms with Crippen LogP contribution in [0.2, 0.25) is 0 Å². The molecule has 2 aromatic rings. The van der Waals surface area contributed by atoms with Crippen LogP contribution in [0.1, 0.15) is 26.7 Å². The summed E-state index contributed by atoms with van der Waals surface area (Å²) >= 11 is 0. The van der Waals surface area contributed by atoms with Crippen molar-refractivity contribution in [1.29, 1.82) is 0 Å². The van der Waals surface area contributed by atoms with E-state index in [1.807, 2.05) is 0 Å². The second-order valence-electron chi connectivity index (χ2n) is 5.44. The summed E-state index contributed by atoms with van der Waals surface area (Å²) in [7, 11) is 0. The van der Waals surface area contributed by atoms with Crippen LogP contribution in [0.4, 0.5) is 5.82 Å². The molecule has 0 aliphatic carbocycles. The number of anilines is 1. The maximum atomic E-state index is 11.3. The highest BCUT2D eigenvalue weighted by atomic mass is 16.1. The van der Waals surface area contributed by atoms with Crippen molar-refractivity contribution in [2.24, 2.45) is 11.1 Å². The molecule has 4 N–H and O–H groups in total. The molecule has 2 rings (SSSR count). The normalized spacial score (nSPS) is 11.9. The molecule has 2 aromatic heterocycles. The van der Waals surface area contributed by atoms with Crippen molar-refractivity contribution in [3.63, 3.8) is 0 Å². The fraction of sp³-hybridized carbons (Fsp3) is 0.583. The van der Waals surface area contributed by atoms with Gasteiger partial charge in [0.05, 0.1) is 0 Å². The average molecular weight is 264 g/mol. The monoisotopic (exact) mass is 264 g/mol. The van der Waals surface area contributed by atoms with Crippen LogP contribution in [0.25, 0.3) is 5.65 Å². The Balaban J connectivity index is 2.03. The number of hydrogen-bond acceptors (Lipinski definition) is 5. The lowest BCUT2D eigenvalue weighted by molar-refractivity contribution is 0.350. The summed E-state index contributed by atoms with van der Waals surface area (Å²) in [6.45, 7) is 5.88. The number of nitrogens with one attached hydrogen (secondary N) is 2. The standard InChI is InChI=1S/C12H20N6O/c1-12(2,4-3-5-13)7-14-9-6-10-16-17-11(19)18(10)8-15-9/h6,8,14H,3-5,7,13H2,1-2H3,(H,17,19). The van der Waals surface area contributed by atoms with Gasteiger partial charge in [0.25, 0.3) is 0 Å². The van der Waals surface area contributed by atoms with Gasteiger partial charge in [0.2, 0.25) is 0 Å². The van der Waals surface area contributed by atoms with Gasteiger partial charge < -0.3 is 11.1 Å². The van der Waals surface area contributed by atoms with Gasteiger partial charge in [-0.3, -0.25) is 0 Å². The number of aromatic amines is 1. The molecule has 0 aliphatic heterocycles. The molecule has 0 spiro atoms. The lowest BCUT2D eigenvalue weighted by atomic mass is 9.88. The maximum Gasteiger partial charge on any atom is 0.348 e.